The molecule has 0 amide bonds. The molecule has 0 bridgehead atoms. The smallest absolute Gasteiger partial charge is 0.138 e. The highest BCUT2D eigenvalue weighted by Crippen LogP contribution is 2.18. The van der Waals surface area contributed by atoms with Crippen molar-refractivity contribution in [2.45, 2.75) is 45.7 Å². The highest BCUT2D eigenvalue weighted by atomic mass is 35.5. The van der Waals surface area contributed by atoms with E-state index in [4.69, 9.17) is 11.6 Å². The van der Waals surface area contributed by atoms with Crippen LogP contribution in [0.15, 0.2) is 30.6 Å². The van der Waals surface area contributed by atoms with Crippen LogP contribution in [0.1, 0.15) is 38.2 Å². The molecule has 0 spiro atoms. The lowest BCUT2D eigenvalue weighted by molar-refractivity contribution is 0.459. The van der Waals surface area contributed by atoms with Gasteiger partial charge in [-0.3, -0.25) is 0 Å². The van der Waals surface area contributed by atoms with E-state index in [9.17, 15) is 0 Å². The Kier molecular flexibility index (Phi) is 5.76. The van der Waals surface area contributed by atoms with Gasteiger partial charge in [0.25, 0.3) is 0 Å². The highest BCUT2D eigenvalue weighted by Gasteiger charge is 2.16. The van der Waals surface area contributed by atoms with Gasteiger partial charge in [-0.15, -0.1) is 0 Å². The van der Waals surface area contributed by atoms with Gasteiger partial charge in [0.1, 0.15) is 12.2 Å². The number of likely N-dealkylation sites (N-methyl/N-ethyl adjacent to an activating group) is 1. The first kappa shape index (κ1) is 16.0. The molecule has 114 valence electrons. The number of rotatable bonds is 7. The van der Waals surface area contributed by atoms with Crippen LogP contribution in [0.4, 0.5) is 0 Å². The standard InChI is InChI=1S/C16H23ClN4/c1-4-18-14(9-13-7-5-6-8-15(13)17)10-16-19-11-20-21(16)12(2)3/h5-8,11-12,14,18H,4,9-10H2,1-3H3. The number of nitrogens with zero attached hydrogens (tertiary/aromatic N) is 3. The van der Waals surface area contributed by atoms with E-state index in [2.05, 4.69) is 42.2 Å². The molecule has 21 heavy (non-hydrogen) atoms. The van der Waals surface area contributed by atoms with Crippen LogP contribution in [0.2, 0.25) is 5.02 Å². The van der Waals surface area contributed by atoms with Crippen molar-refractivity contribution in [3.63, 3.8) is 0 Å². The number of halogens is 1. The van der Waals surface area contributed by atoms with Crippen molar-refractivity contribution < 1.29 is 0 Å². The van der Waals surface area contributed by atoms with Gasteiger partial charge in [-0.2, -0.15) is 5.10 Å². The molecule has 0 saturated heterocycles. The molecule has 1 aromatic carbocycles. The first-order chi connectivity index (χ1) is 10.1. The van der Waals surface area contributed by atoms with Crippen molar-refractivity contribution in [3.8, 4) is 0 Å². The summed E-state index contributed by atoms with van der Waals surface area (Å²) in [5, 5.41) is 8.65. The topological polar surface area (TPSA) is 42.7 Å². The Hall–Kier alpha value is -1.39. The van der Waals surface area contributed by atoms with E-state index in [0.29, 0.717) is 12.1 Å². The second-order valence-corrected chi connectivity index (χ2v) is 5.88. The SMILES string of the molecule is CCNC(Cc1ccccc1Cl)Cc1ncnn1C(C)C. The van der Waals surface area contributed by atoms with Crippen LogP contribution in [0.3, 0.4) is 0 Å². The predicted octanol–water partition coefficient (Wildman–Crippen LogP) is 3.28. The van der Waals surface area contributed by atoms with E-state index < -0.39 is 0 Å². The summed E-state index contributed by atoms with van der Waals surface area (Å²) in [5.41, 5.74) is 1.17. The molecular weight excluding hydrogens is 284 g/mol. The summed E-state index contributed by atoms with van der Waals surface area (Å²) in [6.07, 6.45) is 3.36. The van der Waals surface area contributed by atoms with E-state index in [-0.39, 0.29) is 0 Å². The minimum absolute atomic E-state index is 0.302. The van der Waals surface area contributed by atoms with Crippen molar-refractivity contribution >= 4 is 11.6 Å². The monoisotopic (exact) mass is 306 g/mol. The first-order valence-electron chi connectivity index (χ1n) is 7.47. The van der Waals surface area contributed by atoms with Crippen LogP contribution in [0.5, 0.6) is 0 Å². The Balaban J connectivity index is 2.12. The quantitative estimate of drug-likeness (QED) is 0.853. The van der Waals surface area contributed by atoms with Gasteiger partial charge >= 0.3 is 0 Å². The number of benzene rings is 1. The number of hydrogen-bond acceptors (Lipinski definition) is 3. The second-order valence-electron chi connectivity index (χ2n) is 5.47. The zero-order chi connectivity index (χ0) is 15.2. The fourth-order valence-corrected chi connectivity index (χ4v) is 2.72. The van der Waals surface area contributed by atoms with Crippen molar-refractivity contribution in [3.05, 3.63) is 47.0 Å². The van der Waals surface area contributed by atoms with Crippen LogP contribution >= 0.6 is 11.6 Å². The van der Waals surface area contributed by atoms with Crippen LogP contribution in [-0.4, -0.2) is 27.4 Å². The predicted molar refractivity (Wildman–Crippen MR) is 86.7 cm³/mol. The lowest BCUT2D eigenvalue weighted by Gasteiger charge is -2.19. The maximum absolute atomic E-state index is 6.27. The summed E-state index contributed by atoms with van der Waals surface area (Å²) in [6, 6.07) is 8.64. The fraction of sp³-hybridized carbons (Fsp3) is 0.500. The van der Waals surface area contributed by atoms with Gasteiger partial charge in [0, 0.05) is 23.5 Å². The van der Waals surface area contributed by atoms with Gasteiger partial charge in [-0.25, -0.2) is 9.67 Å². The average Bonchev–Trinajstić information content (AvgIpc) is 2.90. The van der Waals surface area contributed by atoms with Gasteiger partial charge in [-0.1, -0.05) is 36.7 Å². The molecule has 1 N–H and O–H groups in total. The Morgan fingerprint density at radius 1 is 1.24 bits per heavy atom. The second kappa shape index (κ2) is 7.57. The molecule has 2 aromatic rings. The molecule has 1 heterocycles. The molecule has 0 aliphatic carbocycles. The van der Waals surface area contributed by atoms with Crippen molar-refractivity contribution in [1.82, 2.24) is 20.1 Å². The first-order valence-corrected chi connectivity index (χ1v) is 7.84. The Bertz CT molecular complexity index is 565. The summed E-state index contributed by atoms with van der Waals surface area (Å²) in [6.45, 7) is 7.28. The molecule has 5 heteroatoms. The molecule has 1 unspecified atom stereocenters. The van der Waals surface area contributed by atoms with E-state index in [1.807, 2.05) is 22.9 Å². The van der Waals surface area contributed by atoms with Gasteiger partial charge in [0.05, 0.1) is 0 Å². The normalized spacial score (nSPS) is 12.8. The molecular formula is C16H23ClN4. The molecule has 2 rings (SSSR count). The van der Waals surface area contributed by atoms with E-state index in [1.54, 1.807) is 6.33 Å². The zero-order valence-corrected chi connectivity index (χ0v) is 13.6. The molecule has 0 saturated carbocycles. The van der Waals surface area contributed by atoms with Gasteiger partial charge in [0.2, 0.25) is 0 Å². The van der Waals surface area contributed by atoms with Crippen LogP contribution < -0.4 is 5.32 Å². The van der Waals surface area contributed by atoms with Crippen molar-refractivity contribution in [2.24, 2.45) is 0 Å². The summed E-state index contributed by atoms with van der Waals surface area (Å²) in [4.78, 5) is 4.40. The Morgan fingerprint density at radius 3 is 2.67 bits per heavy atom. The molecule has 0 fully saturated rings. The number of aromatic nitrogens is 3. The summed E-state index contributed by atoms with van der Waals surface area (Å²) in [5.74, 6) is 1.02. The summed E-state index contributed by atoms with van der Waals surface area (Å²) >= 11 is 6.27. The van der Waals surface area contributed by atoms with Crippen molar-refractivity contribution in [2.75, 3.05) is 6.54 Å². The lowest BCUT2D eigenvalue weighted by Crippen LogP contribution is -2.34. The maximum Gasteiger partial charge on any atom is 0.138 e. The zero-order valence-electron chi connectivity index (χ0n) is 12.9. The van der Waals surface area contributed by atoms with E-state index >= 15 is 0 Å². The molecule has 0 radical (unpaired) electrons. The fourth-order valence-electron chi connectivity index (χ4n) is 2.51. The lowest BCUT2D eigenvalue weighted by atomic mass is 10.0. The Labute approximate surface area is 131 Å². The minimum atomic E-state index is 0.302. The molecule has 4 nitrogen and oxygen atoms in total. The molecule has 0 aliphatic heterocycles. The van der Waals surface area contributed by atoms with Gasteiger partial charge in [0.15, 0.2) is 0 Å². The van der Waals surface area contributed by atoms with E-state index in [0.717, 1.165) is 30.2 Å². The summed E-state index contributed by atoms with van der Waals surface area (Å²) < 4.78 is 1.98. The third-order valence-electron chi connectivity index (χ3n) is 3.48. The highest BCUT2D eigenvalue weighted by molar-refractivity contribution is 6.31. The molecule has 1 aromatic heterocycles. The third kappa shape index (κ3) is 4.29. The van der Waals surface area contributed by atoms with Crippen LogP contribution in [0.25, 0.3) is 0 Å². The van der Waals surface area contributed by atoms with Crippen molar-refractivity contribution in [1.29, 1.82) is 0 Å². The van der Waals surface area contributed by atoms with Crippen LogP contribution in [0, 0.1) is 0 Å². The summed E-state index contributed by atoms with van der Waals surface area (Å²) in [7, 11) is 0. The van der Waals surface area contributed by atoms with Gasteiger partial charge < -0.3 is 5.32 Å². The minimum Gasteiger partial charge on any atom is -0.313 e. The van der Waals surface area contributed by atoms with E-state index in [1.165, 1.54) is 5.56 Å². The molecule has 0 aliphatic rings. The Morgan fingerprint density at radius 2 is 2.00 bits per heavy atom. The number of hydrogen-bond donors (Lipinski definition) is 1. The molecule has 1 atom stereocenters. The third-order valence-corrected chi connectivity index (χ3v) is 3.85. The maximum atomic E-state index is 6.27. The largest absolute Gasteiger partial charge is 0.313 e. The van der Waals surface area contributed by atoms with Crippen LogP contribution in [-0.2, 0) is 12.8 Å². The number of nitrogens with one attached hydrogen (secondary N) is 1. The van der Waals surface area contributed by atoms with Gasteiger partial charge in [-0.05, 0) is 38.4 Å². The average molecular weight is 307 g/mol.